The van der Waals surface area contributed by atoms with Gasteiger partial charge in [-0.2, -0.15) is 0 Å². The number of hydrogen-bond donors (Lipinski definition) is 0. The van der Waals surface area contributed by atoms with Gasteiger partial charge >= 0.3 is 0 Å². The maximum Gasteiger partial charge on any atom is 0.132 e. The molecule has 0 N–H and O–H groups in total. The summed E-state index contributed by atoms with van der Waals surface area (Å²) < 4.78 is 0. The van der Waals surface area contributed by atoms with Gasteiger partial charge in [0.15, 0.2) is 0 Å². The SMILES string of the molecule is CCc1cc(N2CCC(Br)C(C)C2)nc(C)n1. The molecule has 4 heteroatoms. The van der Waals surface area contributed by atoms with E-state index in [2.05, 4.69) is 50.7 Å². The predicted molar refractivity (Wildman–Crippen MR) is 74.9 cm³/mol. The number of hydrogen-bond acceptors (Lipinski definition) is 3. The highest BCUT2D eigenvalue weighted by Gasteiger charge is 2.24. The predicted octanol–water partition coefficient (Wildman–Crippen LogP) is 2.96. The Morgan fingerprint density at radius 1 is 1.47 bits per heavy atom. The zero-order valence-electron chi connectivity index (χ0n) is 10.8. The van der Waals surface area contributed by atoms with E-state index in [1.54, 1.807) is 0 Å². The van der Waals surface area contributed by atoms with Gasteiger partial charge in [0.05, 0.1) is 0 Å². The van der Waals surface area contributed by atoms with Gasteiger partial charge in [-0.05, 0) is 25.7 Å². The highest BCUT2D eigenvalue weighted by atomic mass is 79.9. The van der Waals surface area contributed by atoms with Crippen molar-refractivity contribution in [3.05, 3.63) is 17.6 Å². The summed E-state index contributed by atoms with van der Waals surface area (Å²) in [6.07, 6.45) is 2.16. The first-order valence-electron chi connectivity index (χ1n) is 6.33. The van der Waals surface area contributed by atoms with Gasteiger partial charge < -0.3 is 4.90 Å². The number of anilines is 1. The van der Waals surface area contributed by atoms with Crippen molar-refractivity contribution in [2.45, 2.75) is 38.4 Å². The van der Waals surface area contributed by atoms with Crippen molar-refractivity contribution < 1.29 is 0 Å². The monoisotopic (exact) mass is 297 g/mol. The first-order valence-corrected chi connectivity index (χ1v) is 7.25. The zero-order valence-corrected chi connectivity index (χ0v) is 12.4. The van der Waals surface area contributed by atoms with Crippen LogP contribution in [0.15, 0.2) is 6.07 Å². The summed E-state index contributed by atoms with van der Waals surface area (Å²) in [6, 6.07) is 2.13. The van der Waals surface area contributed by atoms with Crippen LogP contribution in [0.1, 0.15) is 31.8 Å². The molecule has 1 fully saturated rings. The Morgan fingerprint density at radius 2 is 2.24 bits per heavy atom. The third-order valence-electron chi connectivity index (χ3n) is 3.36. The zero-order chi connectivity index (χ0) is 12.4. The first kappa shape index (κ1) is 12.8. The summed E-state index contributed by atoms with van der Waals surface area (Å²) in [5.74, 6) is 2.65. The third kappa shape index (κ3) is 2.97. The Labute approximate surface area is 112 Å². The van der Waals surface area contributed by atoms with Gasteiger partial charge in [-0.25, -0.2) is 9.97 Å². The lowest BCUT2D eigenvalue weighted by atomic mass is 10.00. The quantitative estimate of drug-likeness (QED) is 0.786. The van der Waals surface area contributed by atoms with Crippen LogP contribution in [0.3, 0.4) is 0 Å². The molecule has 0 spiro atoms. The van der Waals surface area contributed by atoms with Crippen molar-refractivity contribution in [1.82, 2.24) is 9.97 Å². The van der Waals surface area contributed by atoms with E-state index in [0.717, 1.165) is 36.8 Å². The van der Waals surface area contributed by atoms with Gasteiger partial charge in [-0.1, -0.05) is 29.8 Å². The van der Waals surface area contributed by atoms with E-state index in [1.165, 1.54) is 6.42 Å². The second kappa shape index (κ2) is 5.34. The molecule has 0 radical (unpaired) electrons. The van der Waals surface area contributed by atoms with Crippen LogP contribution in [-0.4, -0.2) is 27.9 Å². The van der Waals surface area contributed by atoms with Crippen LogP contribution < -0.4 is 4.90 Å². The van der Waals surface area contributed by atoms with E-state index < -0.39 is 0 Å². The molecule has 0 aromatic carbocycles. The van der Waals surface area contributed by atoms with E-state index in [-0.39, 0.29) is 0 Å². The lowest BCUT2D eigenvalue weighted by Crippen LogP contribution is -2.40. The molecule has 3 nitrogen and oxygen atoms in total. The van der Waals surface area contributed by atoms with Gasteiger partial charge in [0.25, 0.3) is 0 Å². The van der Waals surface area contributed by atoms with Crippen molar-refractivity contribution in [3.8, 4) is 0 Å². The minimum absolute atomic E-state index is 0.646. The standard InChI is InChI=1S/C13H20BrN3/c1-4-11-7-13(16-10(3)15-11)17-6-5-12(14)9(2)8-17/h7,9,12H,4-6,8H2,1-3H3. The van der Waals surface area contributed by atoms with Crippen molar-refractivity contribution in [2.24, 2.45) is 5.92 Å². The number of alkyl halides is 1. The minimum atomic E-state index is 0.646. The number of aryl methyl sites for hydroxylation is 2. The van der Waals surface area contributed by atoms with Crippen molar-refractivity contribution >= 4 is 21.7 Å². The maximum absolute atomic E-state index is 4.56. The molecule has 17 heavy (non-hydrogen) atoms. The van der Waals surface area contributed by atoms with Gasteiger partial charge in [0.1, 0.15) is 11.6 Å². The van der Waals surface area contributed by atoms with E-state index in [0.29, 0.717) is 10.7 Å². The molecule has 1 saturated heterocycles. The first-order chi connectivity index (χ1) is 8.10. The van der Waals surface area contributed by atoms with Gasteiger partial charge in [0, 0.05) is 29.7 Å². The van der Waals surface area contributed by atoms with E-state index in [4.69, 9.17) is 0 Å². The number of aromatic nitrogens is 2. The molecule has 0 aliphatic carbocycles. The molecule has 2 heterocycles. The number of nitrogens with zero attached hydrogens (tertiary/aromatic N) is 3. The Balaban J connectivity index is 2.19. The van der Waals surface area contributed by atoms with Crippen LogP contribution in [0.4, 0.5) is 5.82 Å². The number of rotatable bonds is 2. The van der Waals surface area contributed by atoms with Crippen LogP contribution in [-0.2, 0) is 6.42 Å². The fraction of sp³-hybridized carbons (Fsp3) is 0.692. The molecule has 0 amide bonds. The number of piperidine rings is 1. The molecular formula is C13H20BrN3. The van der Waals surface area contributed by atoms with E-state index >= 15 is 0 Å². The van der Waals surface area contributed by atoms with Crippen molar-refractivity contribution in [2.75, 3.05) is 18.0 Å². The van der Waals surface area contributed by atoms with Crippen LogP contribution in [0.2, 0.25) is 0 Å². The molecule has 1 aliphatic heterocycles. The second-order valence-corrected chi connectivity index (χ2v) is 6.02. The summed E-state index contributed by atoms with van der Waals surface area (Å²) >= 11 is 3.74. The summed E-state index contributed by atoms with van der Waals surface area (Å²) in [5, 5.41) is 0. The van der Waals surface area contributed by atoms with Crippen LogP contribution >= 0.6 is 15.9 Å². The maximum atomic E-state index is 4.56. The average Bonchev–Trinajstić information content (AvgIpc) is 2.32. The summed E-state index contributed by atoms with van der Waals surface area (Å²) in [4.78, 5) is 12.0. The lowest BCUT2D eigenvalue weighted by Gasteiger charge is -2.35. The third-order valence-corrected chi connectivity index (χ3v) is 4.72. The normalized spacial score (nSPS) is 25.1. The van der Waals surface area contributed by atoms with Crippen LogP contribution in [0.5, 0.6) is 0 Å². The highest BCUT2D eigenvalue weighted by Crippen LogP contribution is 2.26. The Kier molecular flexibility index (Phi) is 4.02. The van der Waals surface area contributed by atoms with E-state index in [9.17, 15) is 0 Å². The minimum Gasteiger partial charge on any atom is -0.356 e. The average molecular weight is 298 g/mol. The Morgan fingerprint density at radius 3 is 2.88 bits per heavy atom. The molecular weight excluding hydrogens is 278 g/mol. The second-order valence-electron chi connectivity index (χ2n) is 4.85. The van der Waals surface area contributed by atoms with Crippen LogP contribution in [0.25, 0.3) is 0 Å². The molecule has 94 valence electrons. The molecule has 2 unspecified atom stereocenters. The molecule has 2 atom stereocenters. The summed E-state index contributed by atoms with van der Waals surface area (Å²) in [5.41, 5.74) is 1.14. The molecule has 1 aromatic heterocycles. The summed E-state index contributed by atoms with van der Waals surface area (Å²) in [7, 11) is 0. The molecule has 0 saturated carbocycles. The van der Waals surface area contributed by atoms with Crippen molar-refractivity contribution in [3.63, 3.8) is 0 Å². The molecule has 1 aromatic rings. The van der Waals surface area contributed by atoms with Crippen LogP contribution in [0, 0.1) is 12.8 Å². The van der Waals surface area contributed by atoms with Crippen molar-refractivity contribution in [1.29, 1.82) is 0 Å². The topological polar surface area (TPSA) is 29.0 Å². The van der Waals surface area contributed by atoms with Gasteiger partial charge in [0.2, 0.25) is 0 Å². The molecule has 1 aliphatic rings. The van der Waals surface area contributed by atoms with Gasteiger partial charge in [-0.3, -0.25) is 0 Å². The fourth-order valence-electron chi connectivity index (χ4n) is 2.28. The molecule has 0 bridgehead atoms. The largest absolute Gasteiger partial charge is 0.356 e. The smallest absolute Gasteiger partial charge is 0.132 e. The number of halogens is 1. The Bertz CT molecular complexity index is 394. The lowest BCUT2D eigenvalue weighted by molar-refractivity contribution is 0.463. The fourth-order valence-corrected chi connectivity index (χ4v) is 2.65. The highest BCUT2D eigenvalue weighted by molar-refractivity contribution is 9.09. The van der Waals surface area contributed by atoms with E-state index in [1.807, 2.05) is 6.92 Å². The van der Waals surface area contributed by atoms with Gasteiger partial charge in [-0.15, -0.1) is 0 Å². The summed E-state index contributed by atoms with van der Waals surface area (Å²) in [6.45, 7) is 8.57. The molecule has 2 rings (SSSR count). The Hall–Kier alpha value is -0.640.